The van der Waals surface area contributed by atoms with Gasteiger partial charge < -0.3 is 14.6 Å². The maximum atomic E-state index is 6.09. The molecule has 17 heavy (non-hydrogen) atoms. The fraction of sp³-hybridized carbons (Fsp3) is 0.273. The summed E-state index contributed by atoms with van der Waals surface area (Å²) in [7, 11) is 1.88. The van der Waals surface area contributed by atoms with Crippen LogP contribution in [0.15, 0.2) is 29.1 Å². The number of benzene rings is 1. The van der Waals surface area contributed by atoms with E-state index in [4.69, 9.17) is 16.3 Å². The molecule has 0 spiro atoms. The van der Waals surface area contributed by atoms with E-state index in [9.17, 15) is 0 Å². The van der Waals surface area contributed by atoms with Crippen molar-refractivity contribution in [1.82, 2.24) is 15.5 Å². The summed E-state index contributed by atoms with van der Waals surface area (Å²) in [6.45, 7) is 1.01. The molecule has 0 bridgehead atoms. The summed E-state index contributed by atoms with van der Waals surface area (Å²) in [6, 6.07) is 5.65. The Kier molecular flexibility index (Phi) is 3.95. The molecule has 0 saturated heterocycles. The monoisotopic (exact) mass is 253 g/mol. The third-order valence-electron chi connectivity index (χ3n) is 2.14. The van der Waals surface area contributed by atoms with E-state index in [0.717, 1.165) is 12.1 Å². The third kappa shape index (κ3) is 3.18. The number of aromatic nitrogens is 2. The Hall–Kier alpha value is -1.59. The average molecular weight is 254 g/mol. The van der Waals surface area contributed by atoms with E-state index in [-0.39, 0.29) is 6.61 Å². The van der Waals surface area contributed by atoms with Gasteiger partial charge in [0.1, 0.15) is 5.75 Å². The molecule has 90 valence electrons. The number of hydrogen-bond acceptors (Lipinski definition) is 5. The quantitative estimate of drug-likeness (QED) is 0.883. The van der Waals surface area contributed by atoms with Crippen LogP contribution in [0.1, 0.15) is 11.4 Å². The van der Waals surface area contributed by atoms with Crippen LogP contribution in [0.5, 0.6) is 5.75 Å². The van der Waals surface area contributed by atoms with E-state index in [0.29, 0.717) is 16.6 Å². The molecule has 0 aliphatic carbocycles. The number of hydrogen-bond donors (Lipinski definition) is 1. The van der Waals surface area contributed by atoms with Gasteiger partial charge >= 0.3 is 0 Å². The van der Waals surface area contributed by atoms with Gasteiger partial charge in [0.2, 0.25) is 12.2 Å². The largest absolute Gasteiger partial charge is 0.484 e. The Morgan fingerprint density at radius 3 is 3.00 bits per heavy atom. The summed E-state index contributed by atoms with van der Waals surface area (Å²) in [4.78, 5) is 3.85. The zero-order chi connectivity index (χ0) is 12.1. The molecular formula is C11H12ClN3O2. The van der Waals surface area contributed by atoms with Crippen molar-refractivity contribution in [2.24, 2.45) is 0 Å². The first-order chi connectivity index (χ1) is 8.29. The zero-order valence-corrected chi connectivity index (χ0v) is 10.1. The molecule has 1 aromatic carbocycles. The van der Waals surface area contributed by atoms with Crippen LogP contribution in [0.2, 0.25) is 5.02 Å². The first-order valence-corrected chi connectivity index (χ1v) is 5.48. The zero-order valence-electron chi connectivity index (χ0n) is 9.31. The van der Waals surface area contributed by atoms with Gasteiger partial charge in [-0.25, -0.2) is 0 Å². The number of rotatable bonds is 5. The van der Waals surface area contributed by atoms with Gasteiger partial charge in [0, 0.05) is 6.54 Å². The molecule has 0 aliphatic rings. The summed E-state index contributed by atoms with van der Waals surface area (Å²) in [6.07, 6.45) is 1.26. The highest BCUT2D eigenvalue weighted by molar-refractivity contribution is 6.32. The number of ether oxygens (including phenoxy) is 1. The second kappa shape index (κ2) is 5.65. The van der Waals surface area contributed by atoms with Crippen molar-refractivity contribution in [3.05, 3.63) is 41.0 Å². The SMILES string of the molecule is CNCc1ccc(OCc2ncon2)c(Cl)c1. The molecular weight excluding hydrogens is 242 g/mol. The molecule has 0 atom stereocenters. The van der Waals surface area contributed by atoms with E-state index in [1.807, 2.05) is 25.2 Å². The minimum atomic E-state index is 0.238. The summed E-state index contributed by atoms with van der Waals surface area (Å²) >= 11 is 6.09. The summed E-state index contributed by atoms with van der Waals surface area (Å²) in [5.41, 5.74) is 1.10. The molecule has 2 aromatic rings. The summed E-state index contributed by atoms with van der Waals surface area (Å²) < 4.78 is 10.1. The molecule has 0 fully saturated rings. The normalized spacial score (nSPS) is 10.5. The molecule has 0 aliphatic heterocycles. The fourth-order valence-electron chi connectivity index (χ4n) is 1.37. The lowest BCUT2D eigenvalue weighted by Gasteiger charge is -2.07. The Morgan fingerprint density at radius 1 is 1.47 bits per heavy atom. The molecule has 1 N–H and O–H groups in total. The lowest BCUT2D eigenvalue weighted by Crippen LogP contribution is -2.05. The molecule has 1 heterocycles. The molecule has 2 rings (SSSR count). The Balaban J connectivity index is 2.01. The van der Waals surface area contributed by atoms with Crippen molar-refractivity contribution in [2.45, 2.75) is 13.2 Å². The van der Waals surface area contributed by atoms with Crippen molar-refractivity contribution in [2.75, 3.05) is 7.05 Å². The molecule has 5 nitrogen and oxygen atoms in total. The first-order valence-electron chi connectivity index (χ1n) is 5.10. The van der Waals surface area contributed by atoms with Crippen LogP contribution < -0.4 is 10.1 Å². The molecule has 0 radical (unpaired) electrons. The van der Waals surface area contributed by atoms with Crippen molar-refractivity contribution < 1.29 is 9.26 Å². The van der Waals surface area contributed by atoms with Crippen molar-refractivity contribution in [3.8, 4) is 5.75 Å². The van der Waals surface area contributed by atoms with Gasteiger partial charge in [-0.2, -0.15) is 4.98 Å². The van der Waals surface area contributed by atoms with Crippen LogP contribution in [0.3, 0.4) is 0 Å². The van der Waals surface area contributed by atoms with E-state index in [2.05, 4.69) is 20.0 Å². The van der Waals surface area contributed by atoms with Gasteiger partial charge in [0.05, 0.1) is 5.02 Å². The summed E-state index contributed by atoms with van der Waals surface area (Å²) in [5.74, 6) is 1.09. The van der Waals surface area contributed by atoms with Gasteiger partial charge in [0.25, 0.3) is 0 Å². The highest BCUT2D eigenvalue weighted by atomic mass is 35.5. The smallest absolute Gasteiger partial charge is 0.213 e. The standard InChI is InChI=1S/C11H12ClN3O2/c1-13-5-8-2-3-10(9(12)4-8)16-6-11-14-7-17-15-11/h2-4,7,13H,5-6H2,1H3. The highest BCUT2D eigenvalue weighted by Crippen LogP contribution is 2.25. The predicted molar refractivity (Wildman–Crippen MR) is 62.8 cm³/mol. The molecule has 6 heteroatoms. The number of halogens is 1. The lowest BCUT2D eigenvalue weighted by atomic mass is 10.2. The Labute approximate surface area is 104 Å². The van der Waals surface area contributed by atoms with Gasteiger partial charge in [0.15, 0.2) is 6.61 Å². The van der Waals surface area contributed by atoms with Crippen LogP contribution in [-0.2, 0) is 13.2 Å². The maximum Gasteiger partial charge on any atom is 0.213 e. The third-order valence-corrected chi connectivity index (χ3v) is 2.44. The first kappa shape index (κ1) is 11.9. The Bertz CT molecular complexity index is 474. The van der Waals surface area contributed by atoms with Crippen LogP contribution in [0.4, 0.5) is 0 Å². The van der Waals surface area contributed by atoms with Crippen molar-refractivity contribution in [3.63, 3.8) is 0 Å². The molecule has 0 saturated carbocycles. The average Bonchev–Trinajstić information content (AvgIpc) is 2.81. The van der Waals surface area contributed by atoms with Gasteiger partial charge in [-0.05, 0) is 24.7 Å². The number of nitrogens with one attached hydrogen (secondary N) is 1. The maximum absolute atomic E-state index is 6.09. The minimum Gasteiger partial charge on any atom is -0.484 e. The minimum absolute atomic E-state index is 0.238. The van der Waals surface area contributed by atoms with E-state index < -0.39 is 0 Å². The topological polar surface area (TPSA) is 60.2 Å². The van der Waals surface area contributed by atoms with Crippen molar-refractivity contribution in [1.29, 1.82) is 0 Å². The Morgan fingerprint density at radius 2 is 2.35 bits per heavy atom. The second-order valence-electron chi connectivity index (χ2n) is 3.43. The second-order valence-corrected chi connectivity index (χ2v) is 3.84. The van der Waals surface area contributed by atoms with Gasteiger partial charge in [-0.3, -0.25) is 0 Å². The summed E-state index contributed by atoms with van der Waals surface area (Å²) in [5, 5.41) is 7.27. The van der Waals surface area contributed by atoms with Gasteiger partial charge in [-0.1, -0.05) is 22.8 Å². The molecule has 1 aromatic heterocycles. The number of nitrogens with zero attached hydrogens (tertiary/aromatic N) is 2. The fourth-order valence-corrected chi connectivity index (χ4v) is 1.63. The van der Waals surface area contributed by atoms with E-state index in [1.165, 1.54) is 6.39 Å². The lowest BCUT2D eigenvalue weighted by molar-refractivity contribution is 0.286. The highest BCUT2D eigenvalue weighted by Gasteiger charge is 2.05. The van der Waals surface area contributed by atoms with Crippen LogP contribution in [0, 0.1) is 0 Å². The van der Waals surface area contributed by atoms with Crippen LogP contribution in [-0.4, -0.2) is 17.2 Å². The molecule has 0 amide bonds. The van der Waals surface area contributed by atoms with Crippen molar-refractivity contribution >= 4 is 11.6 Å². The molecule has 0 unspecified atom stereocenters. The van der Waals surface area contributed by atoms with Crippen LogP contribution >= 0.6 is 11.6 Å². The van der Waals surface area contributed by atoms with E-state index in [1.54, 1.807) is 0 Å². The van der Waals surface area contributed by atoms with Gasteiger partial charge in [-0.15, -0.1) is 0 Å². The van der Waals surface area contributed by atoms with E-state index >= 15 is 0 Å². The van der Waals surface area contributed by atoms with Crippen LogP contribution in [0.25, 0.3) is 0 Å². The predicted octanol–water partition coefficient (Wildman–Crippen LogP) is 2.02.